The monoisotopic (exact) mass is 311 g/mol. The summed E-state index contributed by atoms with van der Waals surface area (Å²) in [6.45, 7) is 0. The van der Waals surface area contributed by atoms with Crippen molar-refractivity contribution in [1.82, 2.24) is 9.97 Å². The van der Waals surface area contributed by atoms with Gasteiger partial charge in [-0.15, -0.1) is 0 Å². The molecule has 3 aromatic rings. The fourth-order valence-electron chi connectivity index (χ4n) is 1.82. The quantitative estimate of drug-likeness (QED) is 0.729. The van der Waals surface area contributed by atoms with Crippen molar-refractivity contribution >= 4 is 23.4 Å². The molecular formula is C16H13N3O2S. The van der Waals surface area contributed by atoms with E-state index in [0.29, 0.717) is 11.4 Å². The number of pyridine rings is 2. The summed E-state index contributed by atoms with van der Waals surface area (Å²) in [4.78, 5) is 20.6. The molecule has 0 spiro atoms. The Morgan fingerprint density at radius 3 is 2.77 bits per heavy atom. The van der Waals surface area contributed by atoms with Crippen LogP contribution in [0.5, 0.6) is 0 Å². The molecule has 0 saturated heterocycles. The van der Waals surface area contributed by atoms with Crippen LogP contribution in [0, 0.1) is 0 Å². The Balaban J connectivity index is 1.71. The van der Waals surface area contributed by atoms with Gasteiger partial charge in [0.2, 0.25) is 0 Å². The lowest BCUT2D eigenvalue weighted by atomic mass is 10.3. The summed E-state index contributed by atoms with van der Waals surface area (Å²) in [5.41, 5.74) is 1.62. The average molecular weight is 311 g/mol. The predicted octanol–water partition coefficient (Wildman–Crippen LogP) is 3.61. The Hall–Kier alpha value is -2.60. The topological polar surface area (TPSA) is 68.0 Å². The molecular weight excluding hydrogens is 298 g/mol. The molecule has 110 valence electrons. The third-order valence-electron chi connectivity index (χ3n) is 2.85. The number of thioether (sulfide) groups is 1. The van der Waals surface area contributed by atoms with E-state index in [4.69, 9.17) is 4.42 Å². The van der Waals surface area contributed by atoms with E-state index >= 15 is 0 Å². The van der Waals surface area contributed by atoms with Crippen molar-refractivity contribution in [3.63, 3.8) is 0 Å². The van der Waals surface area contributed by atoms with E-state index in [1.807, 2.05) is 24.3 Å². The molecule has 0 radical (unpaired) electrons. The zero-order chi connectivity index (χ0) is 15.2. The number of hydrogen-bond acceptors (Lipinski definition) is 5. The van der Waals surface area contributed by atoms with Crippen LogP contribution >= 0.6 is 11.8 Å². The van der Waals surface area contributed by atoms with Crippen molar-refractivity contribution in [3.05, 3.63) is 72.6 Å². The number of rotatable bonds is 5. The van der Waals surface area contributed by atoms with Crippen LogP contribution in [0.2, 0.25) is 0 Å². The van der Waals surface area contributed by atoms with Crippen molar-refractivity contribution in [2.24, 2.45) is 0 Å². The molecule has 3 rings (SSSR count). The highest BCUT2D eigenvalue weighted by Crippen LogP contribution is 2.27. The molecule has 0 unspecified atom stereocenters. The minimum Gasteiger partial charge on any atom is -0.459 e. The van der Waals surface area contributed by atoms with Crippen molar-refractivity contribution in [2.75, 3.05) is 5.32 Å². The van der Waals surface area contributed by atoms with Gasteiger partial charge in [-0.3, -0.25) is 9.78 Å². The largest absolute Gasteiger partial charge is 0.459 e. The molecule has 0 bridgehead atoms. The second-order valence-corrected chi connectivity index (χ2v) is 5.36. The highest BCUT2D eigenvalue weighted by atomic mass is 32.2. The number of furan rings is 1. The van der Waals surface area contributed by atoms with Gasteiger partial charge in [-0.1, -0.05) is 17.8 Å². The fourth-order valence-corrected chi connectivity index (χ4v) is 2.68. The summed E-state index contributed by atoms with van der Waals surface area (Å²) in [5, 5.41) is 3.56. The van der Waals surface area contributed by atoms with Gasteiger partial charge >= 0.3 is 0 Å². The SMILES string of the molecule is O=C(Nc1cccnc1SCc1ccccn1)c1ccco1. The standard InChI is InChI=1S/C16H13N3O2S/c20-15(14-7-4-10-21-14)19-13-6-3-9-18-16(13)22-11-12-5-1-2-8-17-12/h1-10H,11H2,(H,19,20). The molecule has 6 heteroatoms. The number of hydrogen-bond donors (Lipinski definition) is 1. The molecule has 1 N–H and O–H groups in total. The van der Waals surface area contributed by atoms with Gasteiger partial charge in [0.15, 0.2) is 5.76 Å². The molecule has 0 saturated carbocycles. The van der Waals surface area contributed by atoms with Crippen LogP contribution in [-0.4, -0.2) is 15.9 Å². The zero-order valence-electron chi connectivity index (χ0n) is 11.6. The van der Waals surface area contributed by atoms with Gasteiger partial charge in [0.05, 0.1) is 17.6 Å². The maximum Gasteiger partial charge on any atom is 0.291 e. The number of nitrogens with one attached hydrogen (secondary N) is 1. The lowest BCUT2D eigenvalue weighted by molar-refractivity contribution is 0.0996. The van der Waals surface area contributed by atoms with Crippen molar-refractivity contribution in [1.29, 1.82) is 0 Å². The summed E-state index contributed by atoms with van der Waals surface area (Å²) in [6.07, 6.45) is 4.92. The first kappa shape index (κ1) is 14.3. The van der Waals surface area contributed by atoms with Gasteiger partial charge in [0, 0.05) is 18.1 Å². The molecule has 3 heterocycles. The molecule has 0 aliphatic rings. The molecule has 22 heavy (non-hydrogen) atoms. The Morgan fingerprint density at radius 2 is 2.00 bits per heavy atom. The van der Waals surface area contributed by atoms with Crippen molar-refractivity contribution in [3.8, 4) is 0 Å². The second-order valence-electron chi connectivity index (χ2n) is 4.40. The Kier molecular flexibility index (Phi) is 4.50. The minimum atomic E-state index is -0.294. The summed E-state index contributed by atoms with van der Waals surface area (Å²) in [5.74, 6) is 0.656. The van der Waals surface area contributed by atoms with Gasteiger partial charge in [-0.25, -0.2) is 4.98 Å². The minimum absolute atomic E-state index is 0.268. The van der Waals surface area contributed by atoms with Gasteiger partial charge in [0.1, 0.15) is 5.03 Å². The number of anilines is 1. The number of carbonyl (C=O) groups excluding carboxylic acids is 1. The Labute approximate surface area is 131 Å². The van der Waals surface area contributed by atoms with E-state index in [-0.39, 0.29) is 11.7 Å². The van der Waals surface area contributed by atoms with Crippen LogP contribution in [0.1, 0.15) is 16.2 Å². The molecule has 0 atom stereocenters. The van der Waals surface area contributed by atoms with Crippen LogP contribution in [0.25, 0.3) is 0 Å². The third kappa shape index (κ3) is 3.53. The van der Waals surface area contributed by atoms with Crippen LogP contribution in [0.4, 0.5) is 5.69 Å². The highest BCUT2D eigenvalue weighted by molar-refractivity contribution is 7.98. The number of nitrogens with zero attached hydrogens (tertiary/aromatic N) is 2. The number of amides is 1. The first-order valence-electron chi connectivity index (χ1n) is 6.65. The fraction of sp³-hybridized carbons (Fsp3) is 0.0625. The summed E-state index contributed by atoms with van der Waals surface area (Å²) in [6, 6.07) is 12.7. The first-order chi connectivity index (χ1) is 10.8. The summed E-state index contributed by atoms with van der Waals surface area (Å²) < 4.78 is 5.09. The maximum atomic E-state index is 12.0. The van der Waals surface area contributed by atoms with Crippen molar-refractivity contribution in [2.45, 2.75) is 10.8 Å². The van der Waals surface area contributed by atoms with Crippen LogP contribution in [0.3, 0.4) is 0 Å². The summed E-state index contributed by atoms with van der Waals surface area (Å²) in [7, 11) is 0. The van der Waals surface area contributed by atoms with Crippen LogP contribution in [-0.2, 0) is 5.75 Å². The smallest absolute Gasteiger partial charge is 0.291 e. The van der Waals surface area contributed by atoms with Gasteiger partial charge in [-0.2, -0.15) is 0 Å². The average Bonchev–Trinajstić information content (AvgIpc) is 3.10. The van der Waals surface area contributed by atoms with Crippen LogP contribution in [0.15, 0.2) is 70.6 Å². The van der Waals surface area contributed by atoms with E-state index in [1.54, 1.807) is 30.6 Å². The lowest BCUT2D eigenvalue weighted by Crippen LogP contribution is -2.11. The van der Waals surface area contributed by atoms with E-state index in [1.165, 1.54) is 18.0 Å². The Bertz CT molecular complexity index is 745. The molecule has 5 nitrogen and oxygen atoms in total. The number of aromatic nitrogens is 2. The van der Waals surface area contributed by atoms with Crippen molar-refractivity contribution < 1.29 is 9.21 Å². The zero-order valence-corrected chi connectivity index (χ0v) is 12.4. The Morgan fingerprint density at radius 1 is 1.09 bits per heavy atom. The van der Waals surface area contributed by atoms with E-state index in [2.05, 4.69) is 15.3 Å². The van der Waals surface area contributed by atoms with Gasteiger partial charge in [-0.05, 0) is 36.4 Å². The summed E-state index contributed by atoms with van der Waals surface area (Å²) >= 11 is 1.52. The first-order valence-corrected chi connectivity index (χ1v) is 7.64. The molecule has 1 amide bonds. The van der Waals surface area contributed by atoms with Crippen LogP contribution < -0.4 is 5.32 Å². The third-order valence-corrected chi connectivity index (χ3v) is 3.89. The highest BCUT2D eigenvalue weighted by Gasteiger charge is 2.12. The van der Waals surface area contributed by atoms with Gasteiger partial charge < -0.3 is 9.73 Å². The predicted molar refractivity (Wildman–Crippen MR) is 84.7 cm³/mol. The van der Waals surface area contributed by atoms with E-state index < -0.39 is 0 Å². The maximum absolute atomic E-state index is 12.0. The lowest BCUT2D eigenvalue weighted by Gasteiger charge is -2.08. The van der Waals surface area contributed by atoms with E-state index in [0.717, 1.165) is 10.7 Å². The van der Waals surface area contributed by atoms with Gasteiger partial charge in [0.25, 0.3) is 5.91 Å². The van der Waals surface area contributed by atoms with E-state index in [9.17, 15) is 4.79 Å². The molecule has 3 aromatic heterocycles. The second kappa shape index (κ2) is 6.91. The normalized spacial score (nSPS) is 10.4. The molecule has 0 aromatic carbocycles. The molecule has 0 aliphatic heterocycles. The number of carbonyl (C=O) groups is 1. The molecule has 0 fully saturated rings. The molecule has 0 aliphatic carbocycles.